The van der Waals surface area contributed by atoms with Gasteiger partial charge in [-0.3, -0.25) is 4.79 Å². The van der Waals surface area contributed by atoms with Crippen molar-refractivity contribution in [3.63, 3.8) is 0 Å². The number of likely N-dealkylation sites (tertiary alicyclic amines) is 1. The molecule has 35 heavy (non-hydrogen) atoms. The molecule has 1 aliphatic heterocycles. The molecule has 180 valence electrons. The number of ether oxygens (including phenoxy) is 1. The maximum atomic E-state index is 12.5. The Hall–Kier alpha value is -3.28. The first kappa shape index (κ1) is 23.5. The van der Waals surface area contributed by atoms with Crippen LogP contribution >= 0.6 is 11.3 Å². The number of nitrogens with zero attached hydrogens (tertiary/aromatic N) is 4. The predicted molar refractivity (Wildman–Crippen MR) is 136 cm³/mol. The smallest absolute Gasteiger partial charge is 0.236 e. The highest BCUT2D eigenvalue weighted by Gasteiger charge is 2.27. The number of hydrogen-bond donors (Lipinski definition) is 1. The highest BCUT2D eigenvalue weighted by atomic mass is 32.1. The lowest BCUT2D eigenvalue weighted by molar-refractivity contribution is -0.129. The number of carbonyl (C=O) groups excluding carboxylic acids is 1. The second-order valence-electron chi connectivity index (χ2n) is 9.34. The van der Waals surface area contributed by atoms with Gasteiger partial charge in [-0.2, -0.15) is 5.26 Å². The van der Waals surface area contributed by atoms with Crippen molar-refractivity contribution in [3.8, 4) is 33.0 Å². The van der Waals surface area contributed by atoms with Gasteiger partial charge in [0, 0.05) is 30.3 Å². The van der Waals surface area contributed by atoms with E-state index in [1.807, 2.05) is 36.9 Å². The zero-order valence-electron chi connectivity index (χ0n) is 20.1. The van der Waals surface area contributed by atoms with Crippen molar-refractivity contribution in [2.24, 2.45) is 0 Å². The number of benzene rings is 2. The minimum absolute atomic E-state index is 0.00193. The summed E-state index contributed by atoms with van der Waals surface area (Å²) in [5.41, 5.74) is 4.97. The van der Waals surface area contributed by atoms with Gasteiger partial charge in [0.2, 0.25) is 5.91 Å². The van der Waals surface area contributed by atoms with Crippen molar-refractivity contribution >= 4 is 17.2 Å². The standard InChI is InChI=1S/C27H29N5O2S/c1-17(2)34-24-11-8-18(14-19(24)15-28)26-30-31-27(35-26)22-7-5-6-21-20(22)9-10-23(21)29-16-25(33)32-12-3-4-13-32/h5-8,11,14,17,23,29H,3-4,9-10,12-13,16H2,1-2H3/t23-/m0/s1. The molecule has 0 saturated carbocycles. The lowest BCUT2D eigenvalue weighted by Crippen LogP contribution is -2.37. The summed E-state index contributed by atoms with van der Waals surface area (Å²) in [6.07, 6.45) is 4.12. The summed E-state index contributed by atoms with van der Waals surface area (Å²) in [6.45, 7) is 6.03. The van der Waals surface area contributed by atoms with E-state index in [2.05, 4.69) is 39.8 Å². The van der Waals surface area contributed by atoms with Crippen LogP contribution in [-0.4, -0.2) is 46.7 Å². The number of nitriles is 1. The Morgan fingerprint density at radius 2 is 2.03 bits per heavy atom. The number of carbonyl (C=O) groups is 1. The van der Waals surface area contributed by atoms with Crippen LogP contribution in [0, 0.1) is 11.3 Å². The Kier molecular flexibility index (Phi) is 6.80. The summed E-state index contributed by atoms with van der Waals surface area (Å²) in [5, 5.41) is 23.6. The molecule has 1 aromatic heterocycles. The van der Waals surface area contributed by atoms with Crippen molar-refractivity contribution in [1.29, 1.82) is 5.26 Å². The highest BCUT2D eigenvalue weighted by Crippen LogP contribution is 2.40. The van der Waals surface area contributed by atoms with Gasteiger partial charge < -0.3 is 15.0 Å². The van der Waals surface area contributed by atoms with Crippen LogP contribution in [0.15, 0.2) is 36.4 Å². The zero-order valence-corrected chi connectivity index (χ0v) is 20.9. The van der Waals surface area contributed by atoms with E-state index in [0.29, 0.717) is 17.9 Å². The van der Waals surface area contributed by atoms with E-state index in [-0.39, 0.29) is 18.1 Å². The van der Waals surface area contributed by atoms with E-state index in [9.17, 15) is 10.1 Å². The molecule has 7 nitrogen and oxygen atoms in total. The Morgan fingerprint density at radius 3 is 2.80 bits per heavy atom. The van der Waals surface area contributed by atoms with Gasteiger partial charge in [-0.05, 0) is 68.9 Å². The molecule has 5 rings (SSSR count). The molecule has 1 amide bonds. The van der Waals surface area contributed by atoms with E-state index in [4.69, 9.17) is 4.74 Å². The third-order valence-electron chi connectivity index (χ3n) is 6.59. The average Bonchev–Trinajstić information content (AvgIpc) is 3.63. The molecule has 0 spiro atoms. The number of rotatable bonds is 7. The number of aromatic nitrogens is 2. The van der Waals surface area contributed by atoms with Crippen LogP contribution in [0.25, 0.3) is 21.1 Å². The van der Waals surface area contributed by atoms with Crippen molar-refractivity contribution in [3.05, 3.63) is 53.1 Å². The summed E-state index contributed by atoms with van der Waals surface area (Å²) in [4.78, 5) is 14.4. The van der Waals surface area contributed by atoms with Crippen molar-refractivity contribution in [1.82, 2.24) is 20.4 Å². The molecule has 2 aliphatic rings. The first-order chi connectivity index (χ1) is 17.0. The maximum Gasteiger partial charge on any atom is 0.236 e. The Bertz CT molecular complexity index is 1270. The number of fused-ring (bicyclic) bond motifs is 1. The molecule has 0 radical (unpaired) electrons. The second-order valence-corrected chi connectivity index (χ2v) is 10.3. The van der Waals surface area contributed by atoms with E-state index < -0.39 is 0 Å². The SMILES string of the molecule is CC(C)Oc1ccc(-c2nnc(-c3cccc4c3CC[C@@H]4NCC(=O)N3CCCC3)s2)cc1C#N. The van der Waals surface area contributed by atoms with Crippen molar-refractivity contribution in [2.75, 3.05) is 19.6 Å². The maximum absolute atomic E-state index is 12.5. The van der Waals surface area contributed by atoms with Crippen LogP contribution in [-0.2, 0) is 11.2 Å². The van der Waals surface area contributed by atoms with Crippen molar-refractivity contribution < 1.29 is 9.53 Å². The fraction of sp³-hybridized carbons (Fsp3) is 0.407. The number of hydrogen-bond acceptors (Lipinski definition) is 7. The molecule has 1 N–H and O–H groups in total. The van der Waals surface area contributed by atoms with Gasteiger partial charge >= 0.3 is 0 Å². The zero-order chi connectivity index (χ0) is 24.4. The van der Waals surface area contributed by atoms with Crippen LogP contribution in [0.3, 0.4) is 0 Å². The summed E-state index contributed by atoms with van der Waals surface area (Å²) >= 11 is 1.53. The number of amides is 1. The number of nitrogens with one attached hydrogen (secondary N) is 1. The lowest BCUT2D eigenvalue weighted by Gasteiger charge is -2.19. The fourth-order valence-electron chi connectivity index (χ4n) is 4.91. The Balaban J connectivity index is 1.34. The minimum atomic E-state index is -0.00193. The van der Waals surface area contributed by atoms with E-state index in [1.165, 1.54) is 22.5 Å². The minimum Gasteiger partial charge on any atom is -0.490 e. The largest absolute Gasteiger partial charge is 0.490 e. The van der Waals surface area contributed by atoms with Gasteiger partial charge in [0.05, 0.1) is 18.2 Å². The molecule has 8 heteroatoms. The van der Waals surface area contributed by atoms with Gasteiger partial charge in [0.1, 0.15) is 21.8 Å². The van der Waals surface area contributed by atoms with Crippen LogP contribution < -0.4 is 10.1 Å². The molecule has 2 aromatic carbocycles. The first-order valence-electron chi connectivity index (χ1n) is 12.2. The van der Waals surface area contributed by atoms with Gasteiger partial charge in [-0.1, -0.05) is 29.5 Å². The first-order valence-corrected chi connectivity index (χ1v) is 13.0. The molecule has 1 atom stereocenters. The monoisotopic (exact) mass is 487 g/mol. The summed E-state index contributed by atoms with van der Waals surface area (Å²) in [5.74, 6) is 0.779. The van der Waals surface area contributed by atoms with Crippen molar-refractivity contribution in [2.45, 2.75) is 51.7 Å². The van der Waals surface area contributed by atoms with Crippen LogP contribution in [0.2, 0.25) is 0 Å². The lowest BCUT2D eigenvalue weighted by atomic mass is 10.0. The van der Waals surface area contributed by atoms with Crippen LogP contribution in [0.5, 0.6) is 5.75 Å². The quantitative estimate of drug-likeness (QED) is 0.518. The molecule has 3 aromatic rings. The van der Waals surface area contributed by atoms with Gasteiger partial charge in [-0.15, -0.1) is 10.2 Å². The second kappa shape index (κ2) is 10.1. The van der Waals surface area contributed by atoms with Gasteiger partial charge in [0.25, 0.3) is 0 Å². The van der Waals surface area contributed by atoms with Crippen LogP contribution in [0.4, 0.5) is 0 Å². The third kappa shape index (κ3) is 4.93. The normalized spacial score (nSPS) is 17.0. The average molecular weight is 488 g/mol. The Morgan fingerprint density at radius 1 is 1.23 bits per heavy atom. The van der Waals surface area contributed by atoms with E-state index >= 15 is 0 Å². The molecule has 1 fully saturated rings. The molecule has 2 heterocycles. The highest BCUT2D eigenvalue weighted by molar-refractivity contribution is 7.17. The summed E-state index contributed by atoms with van der Waals surface area (Å²) in [7, 11) is 0. The van der Waals surface area contributed by atoms with E-state index in [1.54, 1.807) is 0 Å². The molecule has 1 saturated heterocycles. The van der Waals surface area contributed by atoms with Gasteiger partial charge in [0.15, 0.2) is 0 Å². The molecular weight excluding hydrogens is 458 g/mol. The van der Waals surface area contributed by atoms with E-state index in [0.717, 1.165) is 59.9 Å². The molecule has 0 unspecified atom stereocenters. The molecular formula is C27H29N5O2S. The van der Waals surface area contributed by atoms with Gasteiger partial charge in [-0.25, -0.2) is 0 Å². The summed E-state index contributed by atoms with van der Waals surface area (Å²) < 4.78 is 5.74. The fourth-order valence-corrected chi connectivity index (χ4v) is 5.80. The molecule has 0 bridgehead atoms. The topological polar surface area (TPSA) is 91.1 Å². The van der Waals surface area contributed by atoms with Crippen LogP contribution in [0.1, 0.15) is 55.8 Å². The molecule has 1 aliphatic carbocycles. The Labute approximate surface area is 209 Å². The predicted octanol–water partition coefficient (Wildman–Crippen LogP) is 4.73. The summed E-state index contributed by atoms with van der Waals surface area (Å²) in [6, 6.07) is 14.3. The third-order valence-corrected chi connectivity index (χ3v) is 7.60.